The molecule has 0 saturated carbocycles. The van der Waals surface area contributed by atoms with Gasteiger partial charge in [-0.25, -0.2) is 22.2 Å². The Kier molecular flexibility index (Phi) is 9.98. The molecule has 0 bridgehead atoms. The van der Waals surface area contributed by atoms with Crippen molar-refractivity contribution in [3.05, 3.63) is 70.3 Å². The van der Waals surface area contributed by atoms with Crippen LogP contribution in [0.25, 0.3) is 0 Å². The fourth-order valence-corrected chi connectivity index (χ4v) is 6.49. The molecule has 0 radical (unpaired) electrons. The quantitative estimate of drug-likeness (QED) is 0.250. The number of primary sulfonamides is 1. The number of likely N-dealkylation sites (tertiary alicyclic amines) is 1. The standard InChI is InChI=1S/C26H30F4N6O5S2/c1-16-32-34-36(33-16)15-19-13-20(26(28,29)30)4-2-18(19)3-7-25(37)35-10-8-17(9-11-35)12-24(42(38)39)22-6-5-21(14-23(22)27)43(31,40)41/h2,4-6,13-14,17,24H,3,7-12,15H2,1H3,(H,38,39)(H2,31,40,41). The van der Waals surface area contributed by atoms with Gasteiger partial charge in [0.2, 0.25) is 15.9 Å². The van der Waals surface area contributed by atoms with Crippen LogP contribution in [0.3, 0.4) is 0 Å². The Labute approximate surface area is 247 Å². The van der Waals surface area contributed by atoms with E-state index in [4.69, 9.17) is 5.14 Å². The molecule has 17 heteroatoms. The van der Waals surface area contributed by atoms with E-state index in [1.807, 2.05) is 0 Å². The molecule has 11 nitrogen and oxygen atoms in total. The van der Waals surface area contributed by atoms with Crippen LogP contribution in [0, 0.1) is 18.7 Å². The van der Waals surface area contributed by atoms with E-state index < -0.39 is 48.8 Å². The highest BCUT2D eigenvalue weighted by Gasteiger charge is 2.32. The van der Waals surface area contributed by atoms with E-state index in [2.05, 4.69) is 15.4 Å². The molecule has 43 heavy (non-hydrogen) atoms. The first-order chi connectivity index (χ1) is 20.1. The third-order valence-corrected chi connectivity index (χ3v) is 9.26. The van der Waals surface area contributed by atoms with Crippen molar-refractivity contribution in [2.75, 3.05) is 13.1 Å². The topological polar surface area (TPSA) is 161 Å². The zero-order chi connectivity index (χ0) is 31.5. The summed E-state index contributed by atoms with van der Waals surface area (Å²) in [5, 5.41) is 15.5. The first kappa shape index (κ1) is 32.6. The lowest BCUT2D eigenvalue weighted by Crippen LogP contribution is -2.39. The van der Waals surface area contributed by atoms with Crippen molar-refractivity contribution >= 4 is 27.0 Å². The molecule has 0 aliphatic carbocycles. The number of carbonyl (C=O) groups excluding carboxylic acids is 1. The summed E-state index contributed by atoms with van der Waals surface area (Å²) < 4.78 is 99.6. The summed E-state index contributed by atoms with van der Waals surface area (Å²) in [4.78, 5) is 15.4. The molecule has 1 saturated heterocycles. The molecule has 1 aliphatic rings. The van der Waals surface area contributed by atoms with Gasteiger partial charge in [0.25, 0.3) is 0 Å². The minimum absolute atomic E-state index is 0.0432. The number of piperidine rings is 1. The average Bonchev–Trinajstić information content (AvgIpc) is 3.34. The van der Waals surface area contributed by atoms with Gasteiger partial charge in [-0.1, -0.05) is 12.1 Å². The zero-order valence-electron chi connectivity index (χ0n) is 23.0. The number of hydrogen-bond donors (Lipinski definition) is 2. The molecule has 1 aliphatic heterocycles. The zero-order valence-corrected chi connectivity index (χ0v) is 24.6. The second kappa shape index (κ2) is 13.2. The van der Waals surface area contributed by atoms with Crippen LogP contribution < -0.4 is 5.14 Å². The Morgan fingerprint density at radius 1 is 1.16 bits per heavy atom. The predicted octanol–water partition coefficient (Wildman–Crippen LogP) is 3.36. The van der Waals surface area contributed by atoms with Crippen molar-refractivity contribution in [2.45, 2.75) is 61.9 Å². The van der Waals surface area contributed by atoms with Crippen LogP contribution in [-0.4, -0.2) is 61.3 Å². The number of alkyl halides is 3. The van der Waals surface area contributed by atoms with Gasteiger partial charge >= 0.3 is 6.18 Å². The summed E-state index contributed by atoms with van der Waals surface area (Å²) in [7, 11) is -4.15. The number of halogens is 4. The number of carbonyl (C=O) groups is 1. The Morgan fingerprint density at radius 2 is 1.86 bits per heavy atom. The van der Waals surface area contributed by atoms with Crippen LogP contribution in [0.15, 0.2) is 41.3 Å². The largest absolute Gasteiger partial charge is 0.416 e. The van der Waals surface area contributed by atoms with Crippen LogP contribution in [-0.2, 0) is 45.0 Å². The molecule has 2 unspecified atom stereocenters. The molecule has 3 N–H and O–H groups in total. The normalized spacial score (nSPS) is 16.3. The van der Waals surface area contributed by atoms with E-state index in [1.54, 1.807) is 11.8 Å². The lowest BCUT2D eigenvalue weighted by atomic mass is 9.90. The lowest BCUT2D eigenvalue weighted by molar-refractivity contribution is -0.137. The number of hydrogen-bond acceptors (Lipinski definition) is 7. The molecule has 4 rings (SSSR count). The van der Waals surface area contributed by atoms with Crippen molar-refractivity contribution in [1.82, 2.24) is 25.1 Å². The first-order valence-corrected chi connectivity index (χ1v) is 16.0. The third kappa shape index (κ3) is 8.43. The number of nitrogens with zero attached hydrogens (tertiary/aromatic N) is 5. The van der Waals surface area contributed by atoms with Crippen LogP contribution in [0.5, 0.6) is 0 Å². The molecule has 2 aromatic carbocycles. The number of tetrazole rings is 1. The SMILES string of the molecule is Cc1nnn(Cc2cc(C(F)(F)F)ccc2CCC(=O)N2CCC(CC(c3ccc(S(N)(=O)=O)cc3F)S(=O)O)CC2)n1. The highest BCUT2D eigenvalue weighted by atomic mass is 32.2. The predicted molar refractivity (Wildman–Crippen MR) is 147 cm³/mol. The smallest absolute Gasteiger partial charge is 0.343 e. The van der Waals surface area contributed by atoms with Crippen molar-refractivity contribution in [2.24, 2.45) is 11.1 Å². The molecule has 1 fully saturated rings. The Balaban J connectivity index is 1.37. The van der Waals surface area contributed by atoms with Gasteiger partial charge in [0.05, 0.1) is 22.3 Å². The molecule has 234 valence electrons. The number of aromatic nitrogens is 4. The van der Waals surface area contributed by atoms with Crippen molar-refractivity contribution in [3.8, 4) is 0 Å². The Morgan fingerprint density at radius 3 is 2.42 bits per heavy atom. The Hall–Kier alpha value is -3.28. The molecule has 3 aromatic rings. The molecular formula is C26H30F4N6O5S2. The van der Waals surface area contributed by atoms with Crippen molar-refractivity contribution < 1.29 is 39.5 Å². The molecule has 0 spiro atoms. The van der Waals surface area contributed by atoms with E-state index in [-0.39, 0.29) is 43.2 Å². The van der Waals surface area contributed by atoms with Crippen molar-refractivity contribution in [3.63, 3.8) is 0 Å². The maximum atomic E-state index is 14.7. The third-order valence-electron chi connectivity index (χ3n) is 7.41. The van der Waals surface area contributed by atoms with Gasteiger partial charge in [-0.15, -0.1) is 10.2 Å². The van der Waals surface area contributed by atoms with E-state index >= 15 is 0 Å². The monoisotopic (exact) mass is 646 g/mol. The molecular weight excluding hydrogens is 616 g/mol. The van der Waals surface area contributed by atoms with Crippen LogP contribution in [0.2, 0.25) is 0 Å². The second-order valence-electron chi connectivity index (χ2n) is 10.4. The highest BCUT2D eigenvalue weighted by Crippen LogP contribution is 2.34. The van der Waals surface area contributed by atoms with Gasteiger partial charge in [-0.2, -0.15) is 18.0 Å². The maximum absolute atomic E-state index is 14.7. The maximum Gasteiger partial charge on any atom is 0.416 e. The van der Waals surface area contributed by atoms with Gasteiger partial charge in [0.1, 0.15) is 5.82 Å². The van der Waals surface area contributed by atoms with E-state index in [1.165, 1.54) is 10.9 Å². The van der Waals surface area contributed by atoms with E-state index in [0.29, 0.717) is 42.9 Å². The summed E-state index contributed by atoms with van der Waals surface area (Å²) in [6, 6.07) is 6.30. The fourth-order valence-electron chi connectivity index (χ4n) is 5.12. The fraction of sp³-hybridized carbons (Fsp3) is 0.462. The van der Waals surface area contributed by atoms with Gasteiger partial charge in [0.15, 0.2) is 16.9 Å². The summed E-state index contributed by atoms with van der Waals surface area (Å²) in [6.45, 7) is 2.26. The van der Waals surface area contributed by atoms with Crippen LogP contribution in [0.4, 0.5) is 17.6 Å². The number of aryl methyl sites for hydroxylation is 2. The van der Waals surface area contributed by atoms with Crippen molar-refractivity contribution in [1.29, 1.82) is 0 Å². The first-order valence-electron chi connectivity index (χ1n) is 13.2. The molecule has 2 atom stereocenters. The summed E-state index contributed by atoms with van der Waals surface area (Å²) in [5.74, 6) is -0.883. The highest BCUT2D eigenvalue weighted by molar-refractivity contribution is 7.89. The van der Waals surface area contributed by atoms with E-state index in [9.17, 15) is 39.5 Å². The number of nitrogens with two attached hydrogens (primary N) is 1. The molecule has 1 aromatic heterocycles. The Bertz CT molecular complexity index is 1610. The average molecular weight is 647 g/mol. The second-order valence-corrected chi connectivity index (χ2v) is 13.1. The summed E-state index contributed by atoms with van der Waals surface area (Å²) in [6.07, 6.45) is -3.18. The minimum Gasteiger partial charge on any atom is -0.343 e. The van der Waals surface area contributed by atoms with Crippen LogP contribution in [0.1, 0.15) is 59.0 Å². The number of rotatable bonds is 10. The summed E-state index contributed by atoms with van der Waals surface area (Å²) >= 11 is -2.45. The van der Waals surface area contributed by atoms with E-state index in [0.717, 1.165) is 30.3 Å². The van der Waals surface area contributed by atoms with Gasteiger partial charge < -0.3 is 9.45 Å². The lowest BCUT2D eigenvalue weighted by Gasteiger charge is -2.33. The minimum atomic E-state index is -4.54. The molecule has 2 heterocycles. The van der Waals surface area contributed by atoms with Gasteiger partial charge in [-0.05, 0) is 79.1 Å². The summed E-state index contributed by atoms with van der Waals surface area (Å²) in [5.41, 5.74) is -0.0461. The number of amides is 1. The van der Waals surface area contributed by atoms with Gasteiger partial charge in [-0.3, -0.25) is 4.79 Å². The van der Waals surface area contributed by atoms with Gasteiger partial charge in [0, 0.05) is 25.1 Å². The van der Waals surface area contributed by atoms with Crippen LogP contribution >= 0.6 is 0 Å². The number of sulfonamides is 1. The number of benzene rings is 2. The molecule has 1 amide bonds.